The van der Waals surface area contributed by atoms with Crippen LogP contribution < -0.4 is 10.1 Å². The van der Waals surface area contributed by atoms with Gasteiger partial charge in [0.1, 0.15) is 12.4 Å². The maximum atomic E-state index is 13.5. The van der Waals surface area contributed by atoms with Gasteiger partial charge in [-0.1, -0.05) is 25.0 Å². The zero-order chi connectivity index (χ0) is 18.1. The number of benzene rings is 2. The predicted molar refractivity (Wildman–Crippen MR) is 95.6 cm³/mol. The minimum absolute atomic E-state index is 0.0332. The smallest absolute Gasteiger partial charge is 0.416 e. The van der Waals surface area contributed by atoms with Gasteiger partial charge in [0.25, 0.3) is 0 Å². The van der Waals surface area contributed by atoms with E-state index in [1.165, 1.54) is 11.6 Å². The second-order valence-corrected chi connectivity index (χ2v) is 7.19. The lowest BCUT2D eigenvalue weighted by atomic mass is 9.91. The second-order valence-electron chi connectivity index (χ2n) is 7.19. The molecule has 1 heterocycles. The fraction of sp³-hybridized carbons (Fsp3) is 0.429. The molecule has 0 radical (unpaired) electrons. The third kappa shape index (κ3) is 3.53. The maximum absolute atomic E-state index is 13.5. The molecule has 138 valence electrons. The van der Waals surface area contributed by atoms with Crippen LogP contribution >= 0.6 is 0 Å². The van der Waals surface area contributed by atoms with Crippen molar-refractivity contribution < 1.29 is 17.9 Å². The van der Waals surface area contributed by atoms with E-state index in [0.29, 0.717) is 16.9 Å². The number of rotatable bonds is 4. The highest BCUT2D eigenvalue weighted by atomic mass is 19.4. The first-order chi connectivity index (χ1) is 12.5. The molecular weight excluding hydrogens is 339 g/mol. The molecule has 2 aliphatic rings. The summed E-state index contributed by atoms with van der Waals surface area (Å²) in [5, 5.41) is 3.28. The van der Waals surface area contributed by atoms with E-state index in [9.17, 15) is 13.2 Å². The van der Waals surface area contributed by atoms with E-state index >= 15 is 0 Å². The van der Waals surface area contributed by atoms with Crippen LogP contribution in [0.2, 0.25) is 0 Å². The van der Waals surface area contributed by atoms with Gasteiger partial charge in [-0.3, -0.25) is 0 Å². The topological polar surface area (TPSA) is 21.3 Å². The zero-order valence-electron chi connectivity index (χ0n) is 14.5. The molecule has 1 N–H and O–H groups in total. The summed E-state index contributed by atoms with van der Waals surface area (Å²) in [6.07, 6.45) is 0.345. The Hall–Kier alpha value is -2.17. The SMILES string of the molecule is FC(F)(F)c1cc(COc2ccc3c(c2)CCN3)ccc1C1CCCC1. The summed E-state index contributed by atoms with van der Waals surface area (Å²) in [5.41, 5.74) is 2.80. The second kappa shape index (κ2) is 6.86. The van der Waals surface area contributed by atoms with Crippen molar-refractivity contribution in [2.24, 2.45) is 0 Å². The monoisotopic (exact) mass is 361 g/mol. The van der Waals surface area contributed by atoms with Crippen molar-refractivity contribution in [2.45, 2.75) is 50.8 Å². The Kier molecular flexibility index (Phi) is 4.55. The normalized spacial score (nSPS) is 17.2. The largest absolute Gasteiger partial charge is 0.489 e. The van der Waals surface area contributed by atoms with Crippen molar-refractivity contribution in [2.75, 3.05) is 11.9 Å². The van der Waals surface area contributed by atoms with Crippen LogP contribution in [-0.4, -0.2) is 6.54 Å². The van der Waals surface area contributed by atoms with E-state index in [1.807, 2.05) is 18.2 Å². The lowest BCUT2D eigenvalue weighted by Gasteiger charge is -2.19. The van der Waals surface area contributed by atoms with E-state index in [2.05, 4.69) is 5.32 Å². The van der Waals surface area contributed by atoms with Crippen molar-refractivity contribution in [3.8, 4) is 5.75 Å². The minimum Gasteiger partial charge on any atom is -0.489 e. The Morgan fingerprint density at radius 2 is 1.85 bits per heavy atom. The third-order valence-corrected chi connectivity index (χ3v) is 5.41. The average Bonchev–Trinajstić information content (AvgIpc) is 3.30. The van der Waals surface area contributed by atoms with Gasteiger partial charge in [-0.15, -0.1) is 0 Å². The van der Waals surface area contributed by atoms with E-state index < -0.39 is 11.7 Å². The number of halogens is 3. The first-order valence-electron chi connectivity index (χ1n) is 9.20. The Bertz CT molecular complexity index is 794. The Morgan fingerprint density at radius 3 is 2.62 bits per heavy atom. The Balaban J connectivity index is 1.53. The average molecular weight is 361 g/mol. The molecule has 2 aromatic rings. The quantitative estimate of drug-likeness (QED) is 0.731. The molecule has 1 aliphatic carbocycles. The molecule has 4 rings (SSSR count). The van der Waals surface area contributed by atoms with Crippen LogP contribution in [-0.2, 0) is 19.2 Å². The van der Waals surface area contributed by atoms with Crippen LogP contribution in [0.4, 0.5) is 18.9 Å². The summed E-state index contributed by atoms with van der Waals surface area (Å²) in [6, 6.07) is 10.5. The summed E-state index contributed by atoms with van der Waals surface area (Å²) < 4.78 is 46.4. The zero-order valence-corrected chi connectivity index (χ0v) is 14.5. The fourth-order valence-electron chi connectivity index (χ4n) is 4.07. The highest BCUT2D eigenvalue weighted by Crippen LogP contribution is 2.42. The first kappa shape index (κ1) is 17.3. The molecule has 0 saturated heterocycles. The van der Waals surface area contributed by atoms with Crippen LogP contribution in [0.3, 0.4) is 0 Å². The number of anilines is 1. The Morgan fingerprint density at radius 1 is 1.04 bits per heavy atom. The van der Waals surface area contributed by atoms with Crippen LogP contribution in [0.5, 0.6) is 5.75 Å². The van der Waals surface area contributed by atoms with Crippen molar-refractivity contribution in [3.63, 3.8) is 0 Å². The summed E-state index contributed by atoms with van der Waals surface area (Å²) in [7, 11) is 0. The highest BCUT2D eigenvalue weighted by molar-refractivity contribution is 5.57. The molecule has 0 atom stereocenters. The molecule has 2 nitrogen and oxygen atoms in total. The van der Waals surface area contributed by atoms with Crippen molar-refractivity contribution in [1.82, 2.24) is 0 Å². The molecule has 1 saturated carbocycles. The van der Waals surface area contributed by atoms with Gasteiger partial charge in [0.15, 0.2) is 0 Å². The van der Waals surface area contributed by atoms with Crippen LogP contribution in [0.25, 0.3) is 0 Å². The lowest BCUT2D eigenvalue weighted by Crippen LogP contribution is -2.12. The number of alkyl halides is 3. The standard InChI is InChI=1S/C21H22F3NO/c22-21(23,24)19-11-14(5-7-18(19)15-3-1-2-4-15)13-26-17-6-8-20-16(12-17)9-10-25-20/h5-8,11-12,15,25H,1-4,9-10,13H2. The van der Waals surface area contributed by atoms with Crippen LogP contribution in [0.15, 0.2) is 36.4 Å². The molecule has 2 aromatic carbocycles. The number of ether oxygens (including phenoxy) is 1. The van der Waals surface area contributed by atoms with Crippen molar-refractivity contribution in [3.05, 3.63) is 58.7 Å². The maximum Gasteiger partial charge on any atom is 0.416 e. The minimum atomic E-state index is -4.33. The van der Waals surface area contributed by atoms with Crippen LogP contribution in [0.1, 0.15) is 53.9 Å². The summed E-state index contributed by atoms with van der Waals surface area (Å²) in [4.78, 5) is 0. The first-order valence-corrected chi connectivity index (χ1v) is 9.20. The lowest BCUT2D eigenvalue weighted by molar-refractivity contribution is -0.138. The number of fused-ring (bicyclic) bond motifs is 1. The van der Waals surface area contributed by atoms with Crippen LogP contribution in [0, 0.1) is 0 Å². The molecule has 0 unspecified atom stereocenters. The van der Waals surface area contributed by atoms with Crippen molar-refractivity contribution >= 4 is 5.69 Å². The van der Waals surface area contributed by atoms with Gasteiger partial charge in [0.2, 0.25) is 0 Å². The molecule has 0 spiro atoms. The fourth-order valence-corrected chi connectivity index (χ4v) is 4.07. The van der Waals surface area contributed by atoms with Gasteiger partial charge in [0, 0.05) is 12.2 Å². The van der Waals surface area contributed by atoms with Gasteiger partial charge < -0.3 is 10.1 Å². The Labute approximate surface area is 151 Å². The van der Waals surface area contributed by atoms with Gasteiger partial charge in [-0.05, 0) is 66.1 Å². The summed E-state index contributed by atoms with van der Waals surface area (Å²) in [5.74, 6) is 0.728. The molecule has 5 heteroatoms. The van der Waals surface area contributed by atoms with Crippen molar-refractivity contribution in [1.29, 1.82) is 0 Å². The third-order valence-electron chi connectivity index (χ3n) is 5.41. The molecule has 0 amide bonds. The van der Waals surface area contributed by atoms with Gasteiger partial charge in [-0.25, -0.2) is 0 Å². The van der Waals surface area contributed by atoms with Gasteiger partial charge in [0.05, 0.1) is 5.56 Å². The molecular formula is C21H22F3NO. The molecule has 1 fully saturated rings. The van der Waals surface area contributed by atoms with Gasteiger partial charge in [-0.2, -0.15) is 13.2 Å². The molecule has 1 aliphatic heterocycles. The molecule has 26 heavy (non-hydrogen) atoms. The molecule has 0 bridgehead atoms. The summed E-state index contributed by atoms with van der Waals surface area (Å²) >= 11 is 0. The molecule has 0 aromatic heterocycles. The van der Waals surface area contributed by atoms with E-state index in [1.54, 1.807) is 12.1 Å². The highest BCUT2D eigenvalue weighted by Gasteiger charge is 2.36. The number of hydrogen-bond acceptors (Lipinski definition) is 2. The summed E-state index contributed by atoms with van der Waals surface area (Å²) in [6.45, 7) is 1.05. The predicted octanol–water partition coefficient (Wildman–Crippen LogP) is 5.91. The number of nitrogens with one attached hydrogen (secondary N) is 1. The van der Waals surface area contributed by atoms with E-state index in [-0.39, 0.29) is 12.5 Å². The number of hydrogen-bond donors (Lipinski definition) is 1. The van der Waals surface area contributed by atoms with Gasteiger partial charge >= 0.3 is 6.18 Å². The van der Waals surface area contributed by atoms with E-state index in [0.717, 1.165) is 44.3 Å². The van der Waals surface area contributed by atoms with E-state index in [4.69, 9.17) is 4.74 Å².